The third kappa shape index (κ3) is 5.86. The number of aromatic nitrogens is 2. The number of hydrogen-bond donors (Lipinski definition) is 1. The second-order valence-electron chi connectivity index (χ2n) is 5.89. The maximum atomic E-state index is 13.8. The van der Waals surface area contributed by atoms with Crippen LogP contribution in [0.2, 0.25) is 0 Å². The average molecular weight is 469 g/mol. The molecular formula is C18H17FN4O4S3. The van der Waals surface area contributed by atoms with Gasteiger partial charge in [-0.1, -0.05) is 30.0 Å². The van der Waals surface area contributed by atoms with E-state index in [2.05, 4.69) is 15.5 Å². The molecule has 2 heterocycles. The molecule has 1 N–H and O–H groups in total. The molecule has 0 saturated carbocycles. The van der Waals surface area contributed by atoms with E-state index in [4.69, 9.17) is 4.42 Å². The van der Waals surface area contributed by atoms with Gasteiger partial charge in [-0.3, -0.25) is 19.3 Å². The Morgan fingerprint density at radius 3 is 2.90 bits per heavy atom. The number of nitrogens with zero attached hydrogens (tertiary/aromatic N) is 3. The fourth-order valence-electron chi connectivity index (χ4n) is 2.39. The third-order valence-corrected chi connectivity index (χ3v) is 6.03. The van der Waals surface area contributed by atoms with Crippen LogP contribution in [0, 0.1) is 5.82 Å². The molecular weight excluding hydrogens is 451 g/mol. The summed E-state index contributed by atoms with van der Waals surface area (Å²) in [5.41, 5.74) is 0.232. The van der Waals surface area contributed by atoms with Crippen molar-refractivity contribution in [1.82, 2.24) is 20.4 Å². The molecule has 1 aromatic carbocycles. The van der Waals surface area contributed by atoms with E-state index in [0.29, 0.717) is 16.9 Å². The lowest BCUT2D eigenvalue weighted by atomic mass is 10.2. The first kappa shape index (κ1) is 22.4. The number of thioether (sulfide) groups is 3. The van der Waals surface area contributed by atoms with Gasteiger partial charge in [0, 0.05) is 18.7 Å². The molecule has 1 fully saturated rings. The van der Waals surface area contributed by atoms with Crippen molar-refractivity contribution in [3.05, 3.63) is 46.4 Å². The lowest BCUT2D eigenvalue weighted by Crippen LogP contribution is -2.37. The molecule has 8 nitrogen and oxygen atoms in total. The van der Waals surface area contributed by atoms with Gasteiger partial charge in [0.05, 0.1) is 16.4 Å². The number of imide groups is 1. The second-order valence-corrected chi connectivity index (χ2v) is 8.67. The largest absolute Gasteiger partial charge is 0.415 e. The number of nitrogens with one attached hydrogen (secondary N) is 1. The molecule has 3 rings (SSSR count). The molecule has 0 atom stereocenters. The van der Waals surface area contributed by atoms with Crippen molar-refractivity contribution < 1.29 is 23.2 Å². The monoisotopic (exact) mass is 468 g/mol. The quantitative estimate of drug-likeness (QED) is 0.439. The number of amides is 3. The zero-order chi connectivity index (χ0) is 21.5. The lowest BCUT2D eigenvalue weighted by molar-refractivity contribution is -0.123. The smallest absolute Gasteiger partial charge is 0.293 e. The Labute approximate surface area is 184 Å². The first-order chi connectivity index (χ1) is 14.5. The molecule has 0 spiro atoms. The summed E-state index contributed by atoms with van der Waals surface area (Å²) in [6, 6.07) is 5.99. The summed E-state index contributed by atoms with van der Waals surface area (Å²) in [7, 11) is 0. The zero-order valence-corrected chi connectivity index (χ0v) is 18.2. The van der Waals surface area contributed by atoms with Crippen LogP contribution in [-0.2, 0) is 15.3 Å². The summed E-state index contributed by atoms with van der Waals surface area (Å²) in [5.74, 6) is -0.120. The molecule has 1 aliphatic heterocycles. The Kier molecular flexibility index (Phi) is 7.94. The van der Waals surface area contributed by atoms with Crippen LogP contribution in [0.5, 0.6) is 0 Å². The van der Waals surface area contributed by atoms with Gasteiger partial charge in [0.2, 0.25) is 11.8 Å². The van der Waals surface area contributed by atoms with Crippen molar-refractivity contribution in [1.29, 1.82) is 0 Å². The predicted molar refractivity (Wildman–Crippen MR) is 114 cm³/mol. The normalized spacial score (nSPS) is 15.3. The molecule has 0 unspecified atom stereocenters. The van der Waals surface area contributed by atoms with Crippen molar-refractivity contribution >= 4 is 58.4 Å². The van der Waals surface area contributed by atoms with Gasteiger partial charge < -0.3 is 9.73 Å². The first-order valence-corrected chi connectivity index (χ1v) is 11.9. The van der Waals surface area contributed by atoms with E-state index in [1.807, 2.05) is 6.26 Å². The molecule has 0 bridgehead atoms. The summed E-state index contributed by atoms with van der Waals surface area (Å²) in [4.78, 5) is 37.6. The average Bonchev–Trinajstić information content (AvgIpc) is 3.28. The van der Waals surface area contributed by atoms with Crippen molar-refractivity contribution in [2.75, 3.05) is 25.1 Å². The highest BCUT2D eigenvalue weighted by Crippen LogP contribution is 2.32. The van der Waals surface area contributed by atoms with Crippen LogP contribution in [-0.4, -0.2) is 57.2 Å². The minimum absolute atomic E-state index is 0.0219. The van der Waals surface area contributed by atoms with Gasteiger partial charge >= 0.3 is 0 Å². The van der Waals surface area contributed by atoms with E-state index in [1.165, 1.54) is 18.2 Å². The van der Waals surface area contributed by atoms with E-state index in [1.54, 1.807) is 23.9 Å². The standard InChI is InChI=1S/C18H17FN4O4S3/c1-28-10-15-21-22-17(27-15)29-9-14(24)20-6-7-23-16(25)13(30-18(23)26)8-11-4-2-3-5-12(11)19/h2-5,8H,6-7,9-10H2,1H3,(H,20,24)/b13-8-. The SMILES string of the molecule is CSCc1nnc(SCC(=O)NCCN2C(=O)S/C(=C\c3ccccc3F)C2=O)o1. The van der Waals surface area contributed by atoms with Crippen LogP contribution in [0.4, 0.5) is 9.18 Å². The molecule has 3 amide bonds. The molecule has 1 aliphatic rings. The van der Waals surface area contributed by atoms with Crippen LogP contribution in [0.15, 0.2) is 38.8 Å². The Morgan fingerprint density at radius 2 is 2.13 bits per heavy atom. The minimum Gasteiger partial charge on any atom is -0.415 e. The Morgan fingerprint density at radius 1 is 1.33 bits per heavy atom. The summed E-state index contributed by atoms with van der Waals surface area (Å²) < 4.78 is 19.1. The summed E-state index contributed by atoms with van der Waals surface area (Å²) in [6.45, 7) is 0.125. The van der Waals surface area contributed by atoms with E-state index in [-0.39, 0.29) is 35.2 Å². The lowest BCUT2D eigenvalue weighted by Gasteiger charge is -2.12. The zero-order valence-electron chi connectivity index (χ0n) is 15.8. The molecule has 158 valence electrons. The third-order valence-electron chi connectivity index (χ3n) is 3.77. The fourth-order valence-corrected chi connectivity index (χ4v) is 4.22. The summed E-state index contributed by atoms with van der Waals surface area (Å²) in [5, 5.41) is 10.2. The van der Waals surface area contributed by atoms with Crippen molar-refractivity contribution in [2.45, 2.75) is 11.0 Å². The van der Waals surface area contributed by atoms with Crippen molar-refractivity contribution in [2.24, 2.45) is 0 Å². The number of benzene rings is 1. The maximum Gasteiger partial charge on any atom is 0.293 e. The summed E-state index contributed by atoms with van der Waals surface area (Å²) in [6.07, 6.45) is 3.27. The van der Waals surface area contributed by atoms with Gasteiger partial charge in [-0.15, -0.1) is 10.2 Å². The molecule has 30 heavy (non-hydrogen) atoms. The second kappa shape index (κ2) is 10.6. The topological polar surface area (TPSA) is 105 Å². The molecule has 1 saturated heterocycles. The Hall–Kier alpha value is -2.31. The van der Waals surface area contributed by atoms with E-state index in [9.17, 15) is 18.8 Å². The molecule has 12 heteroatoms. The maximum absolute atomic E-state index is 13.8. The summed E-state index contributed by atoms with van der Waals surface area (Å²) >= 11 is 3.40. The Bertz CT molecular complexity index is 982. The van der Waals surface area contributed by atoms with Crippen molar-refractivity contribution in [3.8, 4) is 0 Å². The number of carbonyl (C=O) groups is 3. The molecule has 1 aromatic heterocycles. The predicted octanol–water partition coefficient (Wildman–Crippen LogP) is 3.02. The van der Waals surface area contributed by atoms with E-state index in [0.717, 1.165) is 28.4 Å². The van der Waals surface area contributed by atoms with Gasteiger partial charge in [-0.25, -0.2) is 4.39 Å². The highest BCUT2D eigenvalue weighted by molar-refractivity contribution is 8.18. The highest BCUT2D eigenvalue weighted by Gasteiger charge is 2.34. The van der Waals surface area contributed by atoms with Crippen molar-refractivity contribution in [3.63, 3.8) is 0 Å². The number of carbonyl (C=O) groups excluding carboxylic acids is 3. The van der Waals surface area contributed by atoms with Gasteiger partial charge in [0.25, 0.3) is 16.4 Å². The van der Waals surface area contributed by atoms with Gasteiger partial charge in [-0.2, -0.15) is 11.8 Å². The van der Waals surface area contributed by atoms with E-state index >= 15 is 0 Å². The van der Waals surface area contributed by atoms with Crippen LogP contribution in [0.25, 0.3) is 6.08 Å². The first-order valence-electron chi connectivity index (χ1n) is 8.68. The molecule has 0 radical (unpaired) electrons. The molecule has 2 aromatic rings. The van der Waals surface area contributed by atoms with E-state index < -0.39 is 17.0 Å². The fraction of sp³-hybridized carbons (Fsp3) is 0.278. The minimum atomic E-state index is -0.510. The van der Waals surface area contributed by atoms with Gasteiger partial charge in [-0.05, 0) is 30.2 Å². The van der Waals surface area contributed by atoms with Gasteiger partial charge in [0.15, 0.2) is 0 Å². The Balaban J connectivity index is 1.46. The van der Waals surface area contributed by atoms with Crippen LogP contribution >= 0.6 is 35.3 Å². The highest BCUT2D eigenvalue weighted by atomic mass is 32.2. The number of hydrogen-bond acceptors (Lipinski definition) is 9. The van der Waals surface area contributed by atoms with Crippen LogP contribution in [0.1, 0.15) is 11.5 Å². The number of halogens is 1. The van der Waals surface area contributed by atoms with Gasteiger partial charge in [0.1, 0.15) is 5.82 Å². The van der Waals surface area contributed by atoms with Crippen LogP contribution < -0.4 is 5.32 Å². The number of rotatable bonds is 9. The molecule has 0 aliphatic carbocycles. The van der Waals surface area contributed by atoms with Crippen LogP contribution in [0.3, 0.4) is 0 Å².